The standard InChI is InChI=1S/C8H15NO5/c1-3(10)6(12)5(9)8(14)7(13)4(2)11/h3-6,10-12H,9H2,1-2H3/t3?,4-,5+,6?/m1/s1. The minimum absolute atomic E-state index is 1.07. The van der Waals surface area contributed by atoms with E-state index in [1.807, 2.05) is 0 Å². The third-order valence-corrected chi connectivity index (χ3v) is 1.79. The second-order valence-electron chi connectivity index (χ2n) is 3.16. The van der Waals surface area contributed by atoms with Crippen LogP contribution < -0.4 is 5.73 Å². The Morgan fingerprint density at radius 3 is 1.79 bits per heavy atom. The molecule has 0 aromatic carbocycles. The van der Waals surface area contributed by atoms with E-state index in [1.165, 1.54) is 6.92 Å². The lowest BCUT2D eigenvalue weighted by Gasteiger charge is -2.19. The molecule has 0 aliphatic carbocycles. The largest absolute Gasteiger partial charge is 0.391 e. The Morgan fingerprint density at radius 1 is 1.07 bits per heavy atom. The van der Waals surface area contributed by atoms with Gasteiger partial charge in [-0.2, -0.15) is 0 Å². The lowest BCUT2D eigenvalue weighted by Crippen LogP contribution is -2.51. The second-order valence-corrected chi connectivity index (χ2v) is 3.16. The van der Waals surface area contributed by atoms with Crippen molar-refractivity contribution in [2.24, 2.45) is 5.73 Å². The van der Waals surface area contributed by atoms with E-state index in [0.717, 1.165) is 6.92 Å². The zero-order chi connectivity index (χ0) is 11.5. The van der Waals surface area contributed by atoms with E-state index in [2.05, 4.69) is 0 Å². The highest BCUT2D eigenvalue weighted by Crippen LogP contribution is 2.00. The summed E-state index contributed by atoms with van der Waals surface area (Å²) in [6.45, 7) is 2.37. The van der Waals surface area contributed by atoms with Crippen LogP contribution in [-0.2, 0) is 9.59 Å². The van der Waals surface area contributed by atoms with Gasteiger partial charge in [0.25, 0.3) is 0 Å². The zero-order valence-corrected chi connectivity index (χ0v) is 8.04. The Morgan fingerprint density at radius 2 is 1.50 bits per heavy atom. The van der Waals surface area contributed by atoms with Gasteiger partial charge in [0, 0.05) is 0 Å². The Bertz CT molecular complexity index is 226. The fourth-order valence-electron chi connectivity index (χ4n) is 0.825. The topological polar surface area (TPSA) is 121 Å². The zero-order valence-electron chi connectivity index (χ0n) is 8.04. The molecule has 0 aliphatic heterocycles. The van der Waals surface area contributed by atoms with Gasteiger partial charge in [0.2, 0.25) is 11.6 Å². The Labute approximate surface area is 81.3 Å². The average molecular weight is 205 g/mol. The molecule has 0 saturated carbocycles. The number of hydrogen-bond donors (Lipinski definition) is 4. The van der Waals surface area contributed by atoms with Crippen molar-refractivity contribution in [2.45, 2.75) is 38.2 Å². The number of carbonyl (C=O) groups is 2. The number of rotatable bonds is 5. The smallest absolute Gasteiger partial charge is 0.228 e. The number of Topliss-reactive ketones (excluding diaryl/α,β-unsaturated/α-hetero) is 2. The summed E-state index contributed by atoms with van der Waals surface area (Å²) in [5.41, 5.74) is 5.21. The number of hydrogen-bond acceptors (Lipinski definition) is 6. The fraction of sp³-hybridized carbons (Fsp3) is 0.750. The molecule has 0 radical (unpaired) electrons. The van der Waals surface area contributed by atoms with Crippen molar-refractivity contribution in [1.82, 2.24) is 0 Å². The molecule has 2 unspecified atom stereocenters. The molecule has 0 amide bonds. The first-order chi connectivity index (χ1) is 6.29. The summed E-state index contributed by atoms with van der Waals surface area (Å²) in [6, 6.07) is -1.50. The van der Waals surface area contributed by atoms with Crippen LogP contribution in [-0.4, -0.2) is 51.2 Å². The van der Waals surface area contributed by atoms with Gasteiger partial charge in [-0.1, -0.05) is 0 Å². The van der Waals surface area contributed by atoms with E-state index in [9.17, 15) is 9.59 Å². The van der Waals surface area contributed by atoms with Gasteiger partial charge in [0.1, 0.15) is 18.2 Å². The summed E-state index contributed by atoms with van der Waals surface area (Å²) < 4.78 is 0. The van der Waals surface area contributed by atoms with Crippen LogP contribution >= 0.6 is 0 Å². The second kappa shape index (κ2) is 5.16. The normalized spacial score (nSPS) is 19.6. The first-order valence-corrected chi connectivity index (χ1v) is 4.16. The lowest BCUT2D eigenvalue weighted by molar-refractivity contribution is -0.144. The van der Waals surface area contributed by atoms with Crippen LogP contribution in [0.5, 0.6) is 0 Å². The van der Waals surface area contributed by atoms with Gasteiger partial charge in [-0.05, 0) is 13.8 Å². The minimum atomic E-state index is -1.51. The summed E-state index contributed by atoms with van der Waals surface area (Å²) in [6.07, 6.45) is -4.17. The van der Waals surface area contributed by atoms with E-state index in [4.69, 9.17) is 21.1 Å². The van der Waals surface area contributed by atoms with Gasteiger partial charge in [-0.25, -0.2) is 0 Å². The lowest BCUT2D eigenvalue weighted by atomic mass is 9.99. The molecule has 0 aromatic heterocycles. The third-order valence-electron chi connectivity index (χ3n) is 1.79. The number of nitrogens with two attached hydrogens (primary N) is 1. The first-order valence-electron chi connectivity index (χ1n) is 4.16. The van der Waals surface area contributed by atoms with Crippen molar-refractivity contribution >= 4 is 11.6 Å². The third kappa shape index (κ3) is 3.15. The molecule has 6 nitrogen and oxygen atoms in total. The predicted molar refractivity (Wildman–Crippen MR) is 47.4 cm³/mol. The molecule has 0 heterocycles. The van der Waals surface area contributed by atoms with E-state index < -0.39 is 35.9 Å². The van der Waals surface area contributed by atoms with Gasteiger partial charge in [-0.15, -0.1) is 0 Å². The summed E-state index contributed by atoms with van der Waals surface area (Å²) in [4.78, 5) is 22.1. The van der Waals surface area contributed by atoms with Gasteiger partial charge < -0.3 is 21.1 Å². The molecule has 6 heteroatoms. The van der Waals surface area contributed by atoms with Crippen LogP contribution in [0.4, 0.5) is 0 Å². The molecule has 0 saturated heterocycles. The number of aliphatic hydroxyl groups excluding tert-OH is 3. The van der Waals surface area contributed by atoms with Crippen molar-refractivity contribution in [3.8, 4) is 0 Å². The number of aliphatic hydroxyl groups is 3. The van der Waals surface area contributed by atoms with E-state index >= 15 is 0 Å². The molecular formula is C8H15NO5. The van der Waals surface area contributed by atoms with Gasteiger partial charge >= 0.3 is 0 Å². The Hall–Kier alpha value is -0.820. The average Bonchev–Trinajstić information content (AvgIpc) is 2.12. The number of ketones is 2. The maximum atomic E-state index is 11.1. The molecule has 0 bridgehead atoms. The molecule has 0 aliphatic rings. The maximum Gasteiger partial charge on any atom is 0.228 e. The molecule has 14 heavy (non-hydrogen) atoms. The fourth-order valence-corrected chi connectivity index (χ4v) is 0.825. The van der Waals surface area contributed by atoms with E-state index in [-0.39, 0.29) is 0 Å². The number of carbonyl (C=O) groups excluding carboxylic acids is 2. The highest BCUT2D eigenvalue weighted by atomic mass is 16.3. The first kappa shape index (κ1) is 13.2. The highest BCUT2D eigenvalue weighted by Gasteiger charge is 2.32. The molecule has 0 rings (SSSR count). The monoisotopic (exact) mass is 205 g/mol. The van der Waals surface area contributed by atoms with Crippen molar-refractivity contribution < 1.29 is 24.9 Å². The summed E-state index contributed by atoms with van der Waals surface area (Å²) in [5, 5.41) is 26.9. The molecule has 4 atom stereocenters. The summed E-state index contributed by atoms with van der Waals surface area (Å²) >= 11 is 0. The van der Waals surface area contributed by atoms with Gasteiger partial charge in [0.15, 0.2) is 0 Å². The molecule has 0 spiro atoms. The van der Waals surface area contributed by atoms with Crippen molar-refractivity contribution in [1.29, 1.82) is 0 Å². The van der Waals surface area contributed by atoms with E-state index in [0.29, 0.717) is 0 Å². The van der Waals surface area contributed by atoms with Crippen LogP contribution in [0.3, 0.4) is 0 Å². The summed E-state index contributed by atoms with van der Waals surface area (Å²) in [7, 11) is 0. The minimum Gasteiger partial charge on any atom is -0.391 e. The van der Waals surface area contributed by atoms with Crippen molar-refractivity contribution in [3.63, 3.8) is 0 Å². The van der Waals surface area contributed by atoms with Crippen LogP contribution in [0.25, 0.3) is 0 Å². The molecular weight excluding hydrogens is 190 g/mol. The quantitative estimate of drug-likeness (QED) is 0.370. The van der Waals surface area contributed by atoms with Crippen LogP contribution in [0.2, 0.25) is 0 Å². The maximum absolute atomic E-state index is 11.1. The SMILES string of the molecule is CC(O)C(O)[C@H](N)C(=O)C(=O)[C@@H](C)O. The molecule has 0 fully saturated rings. The van der Waals surface area contributed by atoms with Crippen LogP contribution in [0.15, 0.2) is 0 Å². The van der Waals surface area contributed by atoms with Crippen molar-refractivity contribution in [3.05, 3.63) is 0 Å². The van der Waals surface area contributed by atoms with Crippen LogP contribution in [0, 0.1) is 0 Å². The van der Waals surface area contributed by atoms with Crippen LogP contribution in [0.1, 0.15) is 13.8 Å². The predicted octanol–water partition coefficient (Wildman–Crippen LogP) is -2.43. The van der Waals surface area contributed by atoms with Gasteiger partial charge in [-0.3, -0.25) is 9.59 Å². The summed E-state index contributed by atoms with van der Waals surface area (Å²) in [5.74, 6) is -2.16. The molecule has 5 N–H and O–H groups in total. The van der Waals surface area contributed by atoms with Gasteiger partial charge in [0.05, 0.1) is 6.10 Å². The Balaban J connectivity index is 4.47. The Kier molecular flexibility index (Phi) is 4.86. The molecule has 82 valence electrons. The van der Waals surface area contributed by atoms with Crippen molar-refractivity contribution in [2.75, 3.05) is 0 Å². The van der Waals surface area contributed by atoms with E-state index in [1.54, 1.807) is 0 Å². The highest BCUT2D eigenvalue weighted by molar-refractivity contribution is 6.40. The molecule has 0 aromatic rings.